The number of halogens is 2. The third-order valence-electron chi connectivity index (χ3n) is 13.5. The Bertz CT molecular complexity index is 2070. The lowest BCUT2D eigenvalue weighted by Gasteiger charge is -2.37. The lowest BCUT2D eigenvalue weighted by atomic mass is 9.86. The van der Waals surface area contributed by atoms with Crippen LogP contribution in [0.5, 0.6) is 0 Å². The van der Waals surface area contributed by atoms with Gasteiger partial charge < -0.3 is 25.4 Å². The van der Waals surface area contributed by atoms with Gasteiger partial charge in [-0.2, -0.15) is 8.78 Å². The molecule has 3 heterocycles. The maximum absolute atomic E-state index is 16.5. The van der Waals surface area contributed by atoms with Gasteiger partial charge in [-0.25, -0.2) is 4.98 Å². The largest absolute Gasteiger partial charge is 0.385 e. The van der Waals surface area contributed by atoms with Crippen molar-refractivity contribution >= 4 is 29.2 Å². The fourth-order valence-electron chi connectivity index (χ4n) is 10.5. The second-order valence-corrected chi connectivity index (χ2v) is 17.1. The van der Waals surface area contributed by atoms with Crippen molar-refractivity contribution in [2.45, 2.75) is 88.9 Å². The third kappa shape index (κ3) is 5.70. The molecule has 1 amide bonds. The molecule has 53 heavy (non-hydrogen) atoms. The average Bonchev–Trinajstić information content (AvgIpc) is 3.57. The molecule has 9 rings (SSSR count). The Morgan fingerprint density at radius 2 is 1.96 bits per heavy atom. The summed E-state index contributed by atoms with van der Waals surface area (Å²) in [5.41, 5.74) is 6.02. The van der Waals surface area contributed by atoms with Crippen molar-refractivity contribution < 1.29 is 13.6 Å². The van der Waals surface area contributed by atoms with E-state index in [1.807, 2.05) is 49.5 Å². The molecule has 0 radical (unpaired) electrons. The quantitative estimate of drug-likeness (QED) is 0.188. The summed E-state index contributed by atoms with van der Waals surface area (Å²) in [6.07, 6.45) is 12.8. The minimum Gasteiger partial charge on any atom is -0.385 e. The van der Waals surface area contributed by atoms with Crippen LogP contribution in [0.3, 0.4) is 0 Å². The number of amides is 1. The predicted molar refractivity (Wildman–Crippen MR) is 206 cm³/mol. The van der Waals surface area contributed by atoms with E-state index in [-0.39, 0.29) is 53.4 Å². The number of H-pyrrole nitrogens is 1. The number of hydrogen-bond donors (Lipinski definition) is 3. The van der Waals surface area contributed by atoms with Crippen molar-refractivity contribution in [1.29, 1.82) is 0 Å². The normalized spacial score (nSPS) is 28.7. The third-order valence-corrected chi connectivity index (χ3v) is 13.5. The fourth-order valence-corrected chi connectivity index (χ4v) is 10.5. The number of piperidine rings is 1. The van der Waals surface area contributed by atoms with Crippen LogP contribution in [0.25, 0.3) is 27.7 Å². The number of hydrogen-bond acceptors (Lipinski definition) is 6. The molecule has 6 atom stereocenters. The summed E-state index contributed by atoms with van der Waals surface area (Å²) in [6, 6.07) is 11.7. The first kappa shape index (κ1) is 34.6. The first-order chi connectivity index (χ1) is 25.5. The molecular formula is C43H51F2N7O. The number of carbonyl (C=O) groups is 1. The van der Waals surface area contributed by atoms with Gasteiger partial charge in [-0.3, -0.25) is 9.79 Å². The molecule has 3 N–H and O–H groups in total. The number of allylic oxidation sites excluding steroid dienone is 4. The van der Waals surface area contributed by atoms with E-state index in [9.17, 15) is 4.79 Å². The Hall–Kier alpha value is -4.15. The molecule has 278 valence electrons. The average molecular weight is 720 g/mol. The second-order valence-electron chi connectivity index (χ2n) is 17.1. The summed E-state index contributed by atoms with van der Waals surface area (Å²) in [5, 5.41) is 6.82. The van der Waals surface area contributed by atoms with Crippen molar-refractivity contribution in [2.24, 2.45) is 28.2 Å². The molecule has 6 aliphatic rings. The second kappa shape index (κ2) is 12.7. The molecule has 1 spiro atoms. The number of likely N-dealkylation sites (N-methyl/N-ethyl adjacent to an activating group) is 2. The van der Waals surface area contributed by atoms with Gasteiger partial charge in [0.25, 0.3) is 5.92 Å². The molecule has 1 aromatic heterocycles. The van der Waals surface area contributed by atoms with Gasteiger partial charge in [0.05, 0.1) is 23.1 Å². The zero-order valence-corrected chi connectivity index (χ0v) is 31.3. The van der Waals surface area contributed by atoms with Crippen LogP contribution < -0.4 is 10.6 Å². The van der Waals surface area contributed by atoms with E-state index in [1.165, 1.54) is 19.3 Å². The summed E-state index contributed by atoms with van der Waals surface area (Å²) in [5.74, 6) is -1.82. The fraction of sp³-hybridized carbons (Fsp3) is 0.512. The van der Waals surface area contributed by atoms with Gasteiger partial charge in [-0.1, -0.05) is 44.2 Å². The van der Waals surface area contributed by atoms with Crippen molar-refractivity contribution in [1.82, 2.24) is 30.4 Å². The highest BCUT2D eigenvalue weighted by Gasteiger charge is 2.52. The van der Waals surface area contributed by atoms with Crippen LogP contribution in [0.4, 0.5) is 8.78 Å². The van der Waals surface area contributed by atoms with Crippen LogP contribution in [0.15, 0.2) is 71.0 Å². The topological polar surface area (TPSA) is 88.7 Å². The van der Waals surface area contributed by atoms with Gasteiger partial charge in [0.1, 0.15) is 5.82 Å². The highest BCUT2D eigenvalue weighted by molar-refractivity contribution is 5.89. The van der Waals surface area contributed by atoms with E-state index >= 15 is 8.78 Å². The molecule has 10 heteroatoms. The molecule has 8 nitrogen and oxygen atoms in total. The maximum Gasteiger partial charge on any atom is 0.296 e. The van der Waals surface area contributed by atoms with E-state index < -0.39 is 5.92 Å². The van der Waals surface area contributed by atoms with Gasteiger partial charge in [0, 0.05) is 54.1 Å². The molecule has 4 fully saturated rings. The number of likely N-dealkylation sites (tertiary alicyclic amines) is 2. The van der Waals surface area contributed by atoms with Crippen molar-refractivity contribution in [3.8, 4) is 11.1 Å². The van der Waals surface area contributed by atoms with Crippen LogP contribution in [-0.2, 0) is 10.7 Å². The number of aromatic amines is 1. The molecule has 2 saturated heterocycles. The minimum absolute atomic E-state index is 0.0544. The Kier molecular flexibility index (Phi) is 8.31. The van der Waals surface area contributed by atoms with Crippen LogP contribution in [0, 0.1) is 23.2 Å². The van der Waals surface area contributed by atoms with Gasteiger partial charge >= 0.3 is 0 Å². The minimum atomic E-state index is -3.09. The SMILES string of the molecule is C=N/C=C(\NCC1CC2(CC2)CN1C)C1C=CC2=C(C1)C(F)(F)c1cc(-c3ccc4nc(C5C6CCC(C6)N5C(=O)C(NC)C(C)C)[nH]c4c3)ccc12. The number of aliphatic imine (C=N–C) groups is 1. The first-order valence-corrected chi connectivity index (χ1v) is 19.5. The molecule has 3 aromatic rings. The first-order valence-electron chi connectivity index (χ1n) is 19.5. The number of carbonyl (C=O) groups excluding carboxylic acids is 1. The summed E-state index contributed by atoms with van der Waals surface area (Å²) in [7, 11) is 4.04. The smallest absolute Gasteiger partial charge is 0.296 e. The number of nitrogens with one attached hydrogen (secondary N) is 3. The number of benzene rings is 2. The molecule has 2 bridgehead atoms. The zero-order valence-electron chi connectivity index (χ0n) is 31.3. The highest BCUT2D eigenvalue weighted by Crippen LogP contribution is 2.56. The Morgan fingerprint density at radius 3 is 2.70 bits per heavy atom. The standard InChI is InChI=1S/C43H51F2N7O/c1-24(2)38(47-4)41(53)52-29-10-6-28(16-29)39(52)40-49-35-13-9-26(19-36(35)50-40)25-7-11-31-32-12-8-27(18-34(32)43(44,45)33(31)17-25)37(22-46-3)48-21-30-20-42(14-15-42)23-51(30)5/h7-9,11-13,17,19,22,24,27-30,38-39,47-48H,3,6,10,14-16,18,20-21,23H2,1-2,4-5H3,(H,49,50)/b37-22-. The van der Waals surface area contributed by atoms with Crippen molar-refractivity contribution in [3.05, 3.63) is 83.0 Å². The number of fused-ring (bicyclic) bond motifs is 5. The monoisotopic (exact) mass is 719 g/mol. The number of nitrogens with zero attached hydrogens (tertiary/aromatic N) is 4. The Morgan fingerprint density at radius 1 is 1.17 bits per heavy atom. The molecule has 2 aromatic carbocycles. The van der Waals surface area contributed by atoms with Gasteiger partial charge in [0.15, 0.2) is 0 Å². The van der Waals surface area contributed by atoms with Crippen molar-refractivity contribution in [2.75, 3.05) is 27.2 Å². The Labute approximate surface area is 310 Å². The molecular weight excluding hydrogens is 669 g/mol. The van der Waals surface area contributed by atoms with E-state index in [1.54, 1.807) is 12.3 Å². The van der Waals surface area contributed by atoms with Gasteiger partial charge in [-0.05, 0) is 123 Å². The molecule has 6 unspecified atom stereocenters. The molecule has 2 saturated carbocycles. The van der Waals surface area contributed by atoms with Crippen LogP contribution in [-0.4, -0.2) is 77.7 Å². The maximum atomic E-state index is 16.5. The van der Waals surface area contributed by atoms with E-state index in [4.69, 9.17) is 4.98 Å². The van der Waals surface area contributed by atoms with Crippen LogP contribution in [0.2, 0.25) is 0 Å². The highest BCUT2D eigenvalue weighted by atomic mass is 19.3. The number of alkyl halides is 2. The summed E-state index contributed by atoms with van der Waals surface area (Å²) in [4.78, 5) is 30.9. The predicted octanol–water partition coefficient (Wildman–Crippen LogP) is 7.58. The Balaban J connectivity index is 0.943. The lowest BCUT2D eigenvalue weighted by molar-refractivity contribution is -0.139. The zero-order chi connectivity index (χ0) is 36.8. The van der Waals surface area contributed by atoms with Crippen molar-refractivity contribution in [3.63, 3.8) is 0 Å². The van der Waals surface area contributed by atoms with Gasteiger partial charge in [-0.15, -0.1) is 0 Å². The van der Waals surface area contributed by atoms with Crippen LogP contribution in [0.1, 0.15) is 81.8 Å². The van der Waals surface area contributed by atoms with Gasteiger partial charge in [0.2, 0.25) is 5.91 Å². The molecule has 4 aliphatic carbocycles. The lowest BCUT2D eigenvalue weighted by Crippen LogP contribution is -2.51. The summed E-state index contributed by atoms with van der Waals surface area (Å²) >= 11 is 0. The summed E-state index contributed by atoms with van der Waals surface area (Å²) in [6.45, 7) is 9.73. The molecule has 2 aliphatic heterocycles. The van der Waals surface area contributed by atoms with Crippen LogP contribution >= 0.6 is 0 Å². The summed E-state index contributed by atoms with van der Waals surface area (Å²) < 4.78 is 33.0. The van der Waals surface area contributed by atoms with E-state index in [2.05, 4.69) is 58.0 Å². The number of rotatable bonds is 10. The number of imidazole rings is 1. The number of aromatic nitrogens is 2. The van der Waals surface area contributed by atoms with E-state index in [0.29, 0.717) is 28.5 Å². The van der Waals surface area contributed by atoms with E-state index in [0.717, 1.165) is 66.0 Å².